The molecule has 0 amide bonds. The third kappa shape index (κ3) is 2.68. The van der Waals surface area contributed by atoms with E-state index in [1.54, 1.807) is 0 Å². The minimum atomic E-state index is 0.233. The second-order valence-corrected chi connectivity index (χ2v) is 2.93. The molecule has 0 aliphatic heterocycles. The molecule has 0 spiro atoms. The van der Waals surface area contributed by atoms with E-state index in [0.717, 1.165) is 11.5 Å². The number of nitrogens with two attached hydrogens (primary N) is 1. The van der Waals surface area contributed by atoms with E-state index in [0.29, 0.717) is 13.2 Å². The van der Waals surface area contributed by atoms with Crippen LogP contribution < -0.4 is 5.73 Å². The first-order valence-corrected chi connectivity index (χ1v) is 4.11. The Morgan fingerprint density at radius 3 is 2.58 bits per heavy atom. The average molecular weight is 169 g/mol. The van der Waals surface area contributed by atoms with Gasteiger partial charge in [0.05, 0.1) is 12.6 Å². The SMILES string of the molecule is CC(C)OCc1ccc(CN)o1. The molecule has 0 fully saturated rings. The van der Waals surface area contributed by atoms with Crippen molar-refractivity contribution in [2.24, 2.45) is 5.73 Å². The van der Waals surface area contributed by atoms with E-state index in [-0.39, 0.29) is 6.10 Å². The summed E-state index contributed by atoms with van der Waals surface area (Å²) in [5.74, 6) is 1.64. The molecule has 0 saturated heterocycles. The van der Waals surface area contributed by atoms with E-state index in [1.807, 2.05) is 26.0 Å². The second-order valence-electron chi connectivity index (χ2n) is 2.93. The van der Waals surface area contributed by atoms with Crippen molar-refractivity contribution in [1.29, 1.82) is 0 Å². The summed E-state index contributed by atoms with van der Waals surface area (Å²) < 4.78 is 10.7. The summed E-state index contributed by atoms with van der Waals surface area (Å²) in [6.45, 7) is 4.96. The molecule has 0 atom stereocenters. The summed E-state index contributed by atoms with van der Waals surface area (Å²) in [6, 6.07) is 3.77. The fraction of sp³-hybridized carbons (Fsp3) is 0.556. The second kappa shape index (κ2) is 4.28. The van der Waals surface area contributed by atoms with Crippen molar-refractivity contribution < 1.29 is 9.15 Å². The van der Waals surface area contributed by atoms with Crippen molar-refractivity contribution in [2.75, 3.05) is 0 Å². The highest BCUT2D eigenvalue weighted by Gasteiger charge is 2.01. The quantitative estimate of drug-likeness (QED) is 0.745. The van der Waals surface area contributed by atoms with Gasteiger partial charge in [-0.05, 0) is 26.0 Å². The molecule has 2 N–H and O–H groups in total. The van der Waals surface area contributed by atoms with Gasteiger partial charge in [-0.2, -0.15) is 0 Å². The van der Waals surface area contributed by atoms with Gasteiger partial charge in [0.15, 0.2) is 0 Å². The molecule has 1 heterocycles. The van der Waals surface area contributed by atoms with Crippen molar-refractivity contribution in [1.82, 2.24) is 0 Å². The Balaban J connectivity index is 2.41. The van der Waals surface area contributed by atoms with E-state index in [1.165, 1.54) is 0 Å². The van der Waals surface area contributed by atoms with Gasteiger partial charge in [-0.3, -0.25) is 0 Å². The average Bonchev–Trinajstić information content (AvgIpc) is 2.48. The van der Waals surface area contributed by atoms with Gasteiger partial charge in [0.1, 0.15) is 18.1 Å². The first-order chi connectivity index (χ1) is 5.72. The molecule has 0 aromatic carbocycles. The molecule has 3 heteroatoms. The zero-order valence-electron chi connectivity index (χ0n) is 7.54. The van der Waals surface area contributed by atoms with E-state index < -0.39 is 0 Å². The van der Waals surface area contributed by atoms with Gasteiger partial charge >= 0.3 is 0 Å². The number of ether oxygens (including phenoxy) is 1. The van der Waals surface area contributed by atoms with Crippen LogP contribution in [-0.2, 0) is 17.9 Å². The maximum atomic E-state index is 5.38. The van der Waals surface area contributed by atoms with Crippen LogP contribution in [0.3, 0.4) is 0 Å². The lowest BCUT2D eigenvalue weighted by Gasteiger charge is -2.04. The fourth-order valence-electron chi connectivity index (χ4n) is 0.858. The van der Waals surface area contributed by atoms with Gasteiger partial charge in [0.2, 0.25) is 0 Å². The Morgan fingerprint density at radius 1 is 1.42 bits per heavy atom. The van der Waals surface area contributed by atoms with E-state index in [2.05, 4.69) is 0 Å². The standard InChI is InChI=1S/C9H15NO2/c1-7(2)11-6-9-4-3-8(5-10)12-9/h3-4,7H,5-6,10H2,1-2H3. The summed E-state index contributed by atoms with van der Waals surface area (Å²) in [6.07, 6.45) is 0.233. The van der Waals surface area contributed by atoms with Gasteiger partial charge in [-0.25, -0.2) is 0 Å². The first kappa shape index (κ1) is 9.29. The zero-order valence-corrected chi connectivity index (χ0v) is 7.54. The van der Waals surface area contributed by atoms with Crippen molar-refractivity contribution in [2.45, 2.75) is 33.1 Å². The van der Waals surface area contributed by atoms with Gasteiger partial charge in [-0.1, -0.05) is 0 Å². The van der Waals surface area contributed by atoms with Crippen molar-refractivity contribution >= 4 is 0 Å². The summed E-state index contributed by atoms with van der Waals surface area (Å²) in [7, 11) is 0. The predicted octanol–water partition coefficient (Wildman–Crippen LogP) is 1.66. The number of hydrogen-bond donors (Lipinski definition) is 1. The Morgan fingerprint density at radius 2 is 2.08 bits per heavy atom. The van der Waals surface area contributed by atoms with E-state index >= 15 is 0 Å². The smallest absolute Gasteiger partial charge is 0.129 e. The van der Waals surface area contributed by atoms with Gasteiger partial charge in [-0.15, -0.1) is 0 Å². The van der Waals surface area contributed by atoms with Crippen molar-refractivity contribution in [3.63, 3.8) is 0 Å². The summed E-state index contributed by atoms with van der Waals surface area (Å²) in [4.78, 5) is 0. The highest BCUT2D eigenvalue weighted by atomic mass is 16.5. The molecule has 68 valence electrons. The maximum absolute atomic E-state index is 5.38. The monoisotopic (exact) mass is 169 g/mol. The molecule has 0 aliphatic rings. The topological polar surface area (TPSA) is 48.4 Å². The highest BCUT2D eigenvalue weighted by molar-refractivity contribution is 5.05. The Kier molecular flexibility index (Phi) is 3.31. The molecule has 0 saturated carbocycles. The van der Waals surface area contributed by atoms with Crippen LogP contribution in [0.2, 0.25) is 0 Å². The molecule has 1 aromatic heterocycles. The number of rotatable bonds is 4. The van der Waals surface area contributed by atoms with Gasteiger partial charge in [0.25, 0.3) is 0 Å². The van der Waals surface area contributed by atoms with Crippen LogP contribution in [0.1, 0.15) is 25.4 Å². The molecule has 3 nitrogen and oxygen atoms in total. The van der Waals surface area contributed by atoms with Crippen LogP contribution in [0.4, 0.5) is 0 Å². The van der Waals surface area contributed by atoms with Crippen LogP contribution in [0.15, 0.2) is 16.5 Å². The van der Waals surface area contributed by atoms with E-state index in [9.17, 15) is 0 Å². The predicted molar refractivity (Wildman–Crippen MR) is 46.5 cm³/mol. The normalized spacial score (nSPS) is 11.0. The van der Waals surface area contributed by atoms with Crippen LogP contribution in [0.5, 0.6) is 0 Å². The van der Waals surface area contributed by atoms with Crippen molar-refractivity contribution in [3.8, 4) is 0 Å². The Hall–Kier alpha value is -0.800. The van der Waals surface area contributed by atoms with E-state index in [4.69, 9.17) is 14.9 Å². The van der Waals surface area contributed by atoms with Crippen LogP contribution in [-0.4, -0.2) is 6.10 Å². The van der Waals surface area contributed by atoms with Crippen molar-refractivity contribution in [3.05, 3.63) is 23.7 Å². The lowest BCUT2D eigenvalue weighted by Crippen LogP contribution is -2.01. The molecule has 12 heavy (non-hydrogen) atoms. The molecule has 0 bridgehead atoms. The largest absolute Gasteiger partial charge is 0.462 e. The highest BCUT2D eigenvalue weighted by Crippen LogP contribution is 2.08. The maximum Gasteiger partial charge on any atom is 0.129 e. The lowest BCUT2D eigenvalue weighted by atomic mass is 10.4. The molecular weight excluding hydrogens is 154 g/mol. The molecule has 1 rings (SSSR count). The Bertz CT molecular complexity index is 230. The number of furan rings is 1. The minimum absolute atomic E-state index is 0.233. The van der Waals surface area contributed by atoms with Crippen LogP contribution >= 0.6 is 0 Å². The van der Waals surface area contributed by atoms with Gasteiger partial charge < -0.3 is 14.9 Å². The summed E-state index contributed by atoms with van der Waals surface area (Å²) >= 11 is 0. The third-order valence-corrected chi connectivity index (χ3v) is 1.48. The summed E-state index contributed by atoms with van der Waals surface area (Å²) in [5, 5.41) is 0. The number of hydrogen-bond acceptors (Lipinski definition) is 3. The molecule has 0 aliphatic carbocycles. The van der Waals surface area contributed by atoms with Gasteiger partial charge in [0, 0.05) is 0 Å². The molecule has 0 unspecified atom stereocenters. The minimum Gasteiger partial charge on any atom is -0.462 e. The van der Waals surface area contributed by atoms with Crippen LogP contribution in [0, 0.1) is 0 Å². The van der Waals surface area contributed by atoms with Crippen LogP contribution in [0.25, 0.3) is 0 Å². The third-order valence-electron chi connectivity index (χ3n) is 1.48. The molecular formula is C9H15NO2. The summed E-state index contributed by atoms with van der Waals surface area (Å²) in [5.41, 5.74) is 5.38. The molecule has 0 radical (unpaired) electrons. The lowest BCUT2D eigenvalue weighted by molar-refractivity contribution is 0.0539. The Labute approximate surface area is 72.5 Å². The zero-order chi connectivity index (χ0) is 8.97. The first-order valence-electron chi connectivity index (χ1n) is 4.11. The molecule has 1 aromatic rings. The fourth-order valence-corrected chi connectivity index (χ4v) is 0.858.